The summed E-state index contributed by atoms with van der Waals surface area (Å²) in [6.45, 7) is 6.38. The highest BCUT2D eigenvalue weighted by Crippen LogP contribution is 2.41. The minimum atomic E-state index is -0.170. The molecule has 0 amide bonds. The van der Waals surface area contributed by atoms with Crippen LogP contribution in [-0.4, -0.2) is 29.0 Å². The Balaban J connectivity index is 1.78. The number of carbonyl (C=O) groups is 1. The number of benzene rings is 2. The van der Waals surface area contributed by atoms with Gasteiger partial charge < -0.3 is 4.90 Å². The number of carbonyl (C=O) groups excluding carboxylic acids is 1. The number of likely N-dealkylation sites (N-methyl/N-ethyl adjacent to an activating group) is 1. The molecule has 0 saturated heterocycles. The molecule has 0 radical (unpaired) electrons. The summed E-state index contributed by atoms with van der Waals surface area (Å²) in [4.78, 5) is 15.9. The molecule has 3 heteroatoms. The van der Waals surface area contributed by atoms with E-state index in [0.29, 0.717) is 6.42 Å². The van der Waals surface area contributed by atoms with Gasteiger partial charge in [-0.15, -0.1) is 0 Å². The van der Waals surface area contributed by atoms with E-state index in [0.717, 1.165) is 25.9 Å². The highest BCUT2D eigenvalue weighted by atomic mass is 16.2. The molecule has 0 N–H and O–H groups in total. The lowest BCUT2D eigenvalue weighted by molar-refractivity contribution is 0.0876. The summed E-state index contributed by atoms with van der Waals surface area (Å²) < 4.78 is 2.08. The number of hydrogen-bond acceptors (Lipinski definition) is 2. The Kier molecular flexibility index (Phi) is 3.60. The van der Waals surface area contributed by atoms with Gasteiger partial charge in [-0.2, -0.15) is 0 Å². The highest BCUT2D eigenvalue weighted by Gasteiger charge is 2.37. The maximum atomic E-state index is 13.5. The average Bonchev–Trinajstić information content (AvgIpc) is 2.90. The molecular weight excluding hydrogens is 332 g/mol. The smallest absolute Gasteiger partial charge is 0.232 e. The van der Waals surface area contributed by atoms with E-state index in [9.17, 15) is 4.79 Å². The normalized spacial score (nSPS) is 22.7. The van der Waals surface area contributed by atoms with Gasteiger partial charge in [0.1, 0.15) is 0 Å². The molecule has 2 aliphatic rings. The van der Waals surface area contributed by atoms with Crippen molar-refractivity contribution in [2.24, 2.45) is 0 Å². The topological polar surface area (TPSA) is 25.2 Å². The summed E-state index contributed by atoms with van der Waals surface area (Å²) in [6.07, 6.45) is 2.41. The van der Waals surface area contributed by atoms with Crippen molar-refractivity contribution in [1.29, 1.82) is 0 Å². The molecule has 3 heterocycles. The molecule has 1 atom stereocenters. The summed E-state index contributed by atoms with van der Waals surface area (Å²) in [7, 11) is 2.17. The lowest BCUT2D eigenvalue weighted by Gasteiger charge is -2.29. The van der Waals surface area contributed by atoms with Gasteiger partial charge >= 0.3 is 0 Å². The Morgan fingerprint density at radius 2 is 1.85 bits per heavy atom. The predicted molar refractivity (Wildman–Crippen MR) is 109 cm³/mol. The number of hydrogen-bond donors (Lipinski definition) is 0. The van der Waals surface area contributed by atoms with Crippen LogP contribution in [0.3, 0.4) is 0 Å². The van der Waals surface area contributed by atoms with Crippen molar-refractivity contribution in [2.75, 3.05) is 13.6 Å². The summed E-state index contributed by atoms with van der Waals surface area (Å²) >= 11 is 0. The molecule has 2 aliphatic heterocycles. The van der Waals surface area contributed by atoms with Crippen molar-refractivity contribution >= 4 is 16.8 Å². The second kappa shape index (κ2) is 5.80. The lowest BCUT2D eigenvalue weighted by Crippen LogP contribution is -2.31. The Hall–Kier alpha value is -2.39. The molecule has 3 aromatic rings. The Morgan fingerprint density at radius 1 is 1.07 bits per heavy atom. The van der Waals surface area contributed by atoms with E-state index in [1.807, 2.05) is 6.07 Å². The molecule has 0 saturated carbocycles. The van der Waals surface area contributed by atoms with E-state index in [1.54, 1.807) is 0 Å². The largest absolute Gasteiger partial charge is 0.302 e. The number of aromatic nitrogens is 1. The molecule has 2 aromatic carbocycles. The van der Waals surface area contributed by atoms with Crippen LogP contribution in [0.5, 0.6) is 0 Å². The quantitative estimate of drug-likeness (QED) is 0.641. The third-order valence-electron chi connectivity index (χ3n) is 6.50. The van der Waals surface area contributed by atoms with Crippen LogP contribution in [0.15, 0.2) is 42.5 Å². The lowest BCUT2D eigenvalue weighted by atomic mass is 9.74. The van der Waals surface area contributed by atoms with Crippen LogP contribution in [-0.2, 0) is 24.8 Å². The molecule has 27 heavy (non-hydrogen) atoms. The second-order valence-corrected chi connectivity index (χ2v) is 8.74. The Labute approximate surface area is 160 Å². The van der Waals surface area contributed by atoms with Gasteiger partial charge in [0.05, 0.1) is 5.52 Å². The maximum Gasteiger partial charge on any atom is 0.232 e. The molecule has 3 nitrogen and oxygen atoms in total. The van der Waals surface area contributed by atoms with E-state index in [4.69, 9.17) is 0 Å². The van der Waals surface area contributed by atoms with Crippen LogP contribution < -0.4 is 0 Å². The van der Waals surface area contributed by atoms with Gasteiger partial charge in [0.2, 0.25) is 5.91 Å². The van der Waals surface area contributed by atoms with Crippen molar-refractivity contribution in [3.8, 4) is 0 Å². The zero-order chi connectivity index (χ0) is 18.8. The molecular formula is C24H26N2O. The molecule has 0 spiro atoms. The van der Waals surface area contributed by atoms with Gasteiger partial charge in [-0.25, -0.2) is 0 Å². The first-order valence-electron chi connectivity index (χ1n) is 9.89. The van der Waals surface area contributed by atoms with Gasteiger partial charge in [0, 0.05) is 42.4 Å². The molecule has 1 unspecified atom stereocenters. The van der Waals surface area contributed by atoms with E-state index in [1.165, 1.54) is 38.9 Å². The fourth-order valence-electron chi connectivity index (χ4n) is 5.21. The molecule has 5 rings (SSSR count). The van der Waals surface area contributed by atoms with Crippen LogP contribution in [0.25, 0.3) is 10.9 Å². The maximum absolute atomic E-state index is 13.5. The minimum Gasteiger partial charge on any atom is -0.302 e. The summed E-state index contributed by atoms with van der Waals surface area (Å²) in [6, 6.07) is 15.1. The number of nitrogens with zero attached hydrogens (tertiary/aromatic N) is 2. The first-order chi connectivity index (χ1) is 13.0. The van der Waals surface area contributed by atoms with Crippen molar-refractivity contribution in [1.82, 2.24) is 9.47 Å². The first kappa shape index (κ1) is 16.8. The van der Waals surface area contributed by atoms with Crippen molar-refractivity contribution in [2.45, 2.75) is 45.1 Å². The van der Waals surface area contributed by atoms with Crippen LogP contribution in [0.4, 0.5) is 0 Å². The van der Waals surface area contributed by atoms with Crippen LogP contribution in [0, 0.1) is 6.92 Å². The Morgan fingerprint density at radius 3 is 2.63 bits per heavy atom. The molecule has 138 valence electrons. The molecule has 0 aliphatic carbocycles. The van der Waals surface area contributed by atoms with Crippen molar-refractivity contribution in [3.05, 3.63) is 70.4 Å². The second-order valence-electron chi connectivity index (χ2n) is 8.74. The number of aryl methyl sites for hydroxylation is 1. The standard InChI is InChI=1S/C24H26N2O/c1-16-11-17-13-24(2,18-7-5-4-6-8-18)14-22(27)26-21-9-10-25(3)15-20(21)19(12-16)23(17)26/h4-8,11-12H,9-10,13-15H2,1-3H3. The van der Waals surface area contributed by atoms with Gasteiger partial charge in [0.15, 0.2) is 0 Å². The predicted octanol–water partition coefficient (Wildman–Crippen LogP) is 4.48. The number of rotatable bonds is 1. The highest BCUT2D eigenvalue weighted by molar-refractivity contribution is 5.99. The van der Waals surface area contributed by atoms with E-state index in [-0.39, 0.29) is 11.3 Å². The van der Waals surface area contributed by atoms with Crippen LogP contribution >= 0.6 is 0 Å². The first-order valence-corrected chi connectivity index (χ1v) is 9.89. The third kappa shape index (κ3) is 2.49. The summed E-state index contributed by atoms with van der Waals surface area (Å²) in [5.74, 6) is 0.250. The fourth-order valence-corrected chi connectivity index (χ4v) is 5.21. The van der Waals surface area contributed by atoms with Crippen LogP contribution in [0.2, 0.25) is 0 Å². The van der Waals surface area contributed by atoms with Gasteiger partial charge in [-0.3, -0.25) is 9.36 Å². The van der Waals surface area contributed by atoms with E-state index >= 15 is 0 Å². The molecule has 0 bridgehead atoms. The minimum absolute atomic E-state index is 0.170. The molecule has 0 fully saturated rings. The monoisotopic (exact) mass is 358 g/mol. The van der Waals surface area contributed by atoms with E-state index < -0.39 is 0 Å². The third-order valence-corrected chi connectivity index (χ3v) is 6.50. The average molecular weight is 358 g/mol. The Bertz CT molecular complexity index is 1060. The summed E-state index contributed by atoms with van der Waals surface area (Å²) in [5.41, 5.74) is 7.47. The summed E-state index contributed by atoms with van der Waals surface area (Å²) in [5, 5.41) is 1.29. The zero-order valence-electron chi connectivity index (χ0n) is 16.4. The van der Waals surface area contributed by atoms with Gasteiger partial charge in [0.25, 0.3) is 0 Å². The number of fused-ring (bicyclic) bond motifs is 3. The van der Waals surface area contributed by atoms with Gasteiger partial charge in [-0.05, 0) is 43.1 Å². The van der Waals surface area contributed by atoms with Crippen LogP contribution in [0.1, 0.15) is 46.1 Å². The van der Waals surface area contributed by atoms with Crippen molar-refractivity contribution in [3.63, 3.8) is 0 Å². The van der Waals surface area contributed by atoms with Gasteiger partial charge in [-0.1, -0.05) is 48.9 Å². The SMILES string of the molecule is Cc1cc2c3c(c1)c1c(n3C(=O)CC(C)(c3ccccc3)C2)CCN(C)C1. The fraction of sp³-hybridized carbons (Fsp3) is 0.375. The molecule has 1 aromatic heterocycles. The zero-order valence-corrected chi connectivity index (χ0v) is 16.4. The van der Waals surface area contributed by atoms with Crippen molar-refractivity contribution < 1.29 is 4.79 Å². The van der Waals surface area contributed by atoms with E-state index in [2.05, 4.69) is 66.8 Å².